The van der Waals surface area contributed by atoms with Crippen LogP contribution in [0.3, 0.4) is 0 Å². The number of aryl methyl sites for hydroxylation is 1. The van der Waals surface area contributed by atoms with Crippen LogP contribution in [0.5, 0.6) is 0 Å². The first kappa shape index (κ1) is 20.0. The maximum atomic E-state index is 13.3. The summed E-state index contributed by atoms with van der Waals surface area (Å²) in [7, 11) is 0. The fourth-order valence-corrected chi connectivity index (χ4v) is 3.73. The van der Waals surface area contributed by atoms with Gasteiger partial charge in [0.15, 0.2) is 0 Å². The van der Waals surface area contributed by atoms with Gasteiger partial charge in [-0.05, 0) is 31.2 Å². The zero-order valence-corrected chi connectivity index (χ0v) is 17.1. The standard InChI is InChI=1S/C24H19ClN2O3/c1-15-6-10-17(11-7-15)23(30)27-24(26-14-16-8-12-18(25)13-9-16)21(28)19-4-2-3-5-20(19)22(24)29/h2-13,26H,14H2,1H3,(H,27,30)/p+1. The van der Waals surface area contributed by atoms with E-state index in [1.807, 2.05) is 31.2 Å². The summed E-state index contributed by atoms with van der Waals surface area (Å²) in [6.07, 6.45) is 0. The molecule has 30 heavy (non-hydrogen) atoms. The molecule has 0 radical (unpaired) electrons. The number of fused-ring (bicyclic) bond motifs is 1. The Morgan fingerprint density at radius 1 is 0.900 bits per heavy atom. The van der Waals surface area contributed by atoms with E-state index in [0.29, 0.717) is 28.3 Å². The number of benzene rings is 3. The van der Waals surface area contributed by atoms with E-state index in [1.165, 1.54) is 0 Å². The van der Waals surface area contributed by atoms with Crippen LogP contribution in [0.1, 0.15) is 42.2 Å². The van der Waals surface area contributed by atoms with Gasteiger partial charge in [0.05, 0.1) is 0 Å². The summed E-state index contributed by atoms with van der Waals surface area (Å²) in [6.45, 7) is 2.24. The molecule has 6 heteroatoms. The molecule has 0 saturated heterocycles. The van der Waals surface area contributed by atoms with Crippen molar-refractivity contribution >= 4 is 29.1 Å². The predicted octanol–water partition coefficient (Wildman–Crippen LogP) is 2.92. The van der Waals surface area contributed by atoms with E-state index in [4.69, 9.17) is 11.6 Å². The fraction of sp³-hybridized carbons (Fsp3) is 0.125. The average molecular weight is 420 g/mol. The largest absolute Gasteiger partial charge is 0.307 e. The Hall–Kier alpha value is -3.28. The molecule has 0 aromatic heterocycles. The van der Waals surface area contributed by atoms with Crippen LogP contribution in [0, 0.1) is 6.92 Å². The normalized spacial score (nSPS) is 14.5. The first-order chi connectivity index (χ1) is 14.4. The van der Waals surface area contributed by atoms with E-state index in [0.717, 1.165) is 11.1 Å². The quantitative estimate of drug-likeness (QED) is 0.493. The molecule has 1 aliphatic rings. The number of nitrogens with one attached hydrogen (secondary N) is 1. The van der Waals surface area contributed by atoms with Crippen molar-refractivity contribution in [2.24, 2.45) is 0 Å². The maximum absolute atomic E-state index is 13.3. The van der Waals surface area contributed by atoms with Gasteiger partial charge in [-0.3, -0.25) is 19.7 Å². The third-order valence-electron chi connectivity index (χ3n) is 5.31. The van der Waals surface area contributed by atoms with Crippen molar-refractivity contribution in [1.29, 1.82) is 0 Å². The van der Waals surface area contributed by atoms with E-state index < -0.39 is 23.1 Å². The van der Waals surface area contributed by atoms with E-state index in [1.54, 1.807) is 53.8 Å². The van der Waals surface area contributed by atoms with Gasteiger partial charge in [-0.1, -0.05) is 65.7 Å². The van der Waals surface area contributed by atoms with Gasteiger partial charge < -0.3 is 5.32 Å². The Balaban J connectivity index is 1.69. The van der Waals surface area contributed by atoms with Crippen molar-refractivity contribution in [1.82, 2.24) is 5.32 Å². The van der Waals surface area contributed by atoms with Gasteiger partial charge >= 0.3 is 5.66 Å². The molecule has 0 aliphatic heterocycles. The number of ketones is 2. The van der Waals surface area contributed by atoms with Gasteiger partial charge in [-0.2, -0.15) is 0 Å². The fourth-order valence-electron chi connectivity index (χ4n) is 3.60. The minimum Gasteiger partial charge on any atom is -0.307 e. The summed E-state index contributed by atoms with van der Waals surface area (Å²) in [5.41, 5.74) is 1.16. The van der Waals surface area contributed by atoms with E-state index in [-0.39, 0.29) is 0 Å². The van der Waals surface area contributed by atoms with Crippen LogP contribution in [0.15, 0.2) is 72.8 Å². The minimum atomic E-state index is -1.74. The number of Topliss-reactive ketones (excluding diaryl/α,β-unsaturated/α-hetero) is 2. The van der Waals surface area contributed by atoms with Crippen LogP contribution in [-0.2, 0) is 6.54 Å². The lowest BCUT2D eigenvalue weighted by atomic mass is 10.0. The molecule has 0 atom stereocenters. The molecule has 3 aromatic carbocycles. The molecular weight excluding hydrogens is 400 g/mol. The van der Waals surface area contributed by atoms with Gasteiger partial charge in [0, 0.05) is 27.3 Å². The number of hydrogen-bond acceptors (Lipinski definition) is 3. The Bertz CT molecular complexity index is 1100. The van der Waals surface area contributed by atoms with Gasteiger partial charge in [-0.15, -0.1) is 0 Å². The maximum Gasteiger partial charge on any atom is 0.301 e. The second-order valence-corrected chi connectivity index (χ2v) is 7.80. The Kier molecular flexibility index (Phi) is 5.24. The molecule has 3 aromatic rings. The zero-order valence-electron chi connectivity index (χ0n) is 16.3. The van der Waals surface area contributed by atoms with E-state index >= 15 is 0 Å². The van der Waals surface area contributed by atoms with Gasteiger partial charge in [0.25, 0.3) is 17.5 Å². The van der Waals surface area contributed by atoms with Crippen LogP contribution in [0.4, 0.5) is 0 Å². The van der Waals surface area contributed by atoms with Crippen LogP contribution in [-0.4, -0.2) is 23.1 Å². The third-order valence-corrected chi connectivity index (χ3v) is 5.57. The highest BCUT2D eigenvalue weighted by atomic mass is 35.5. The van der Waals surface area contributed by atoms with Crippen LogP contribution in [0.2, 0.25) is 5.02 Å². The summed E-state index contributed by atoms with van der Waals surface area (Å²) in [5, 5.41) is 4.93. The highest BCUT2D eigenvalue weighted by Gasteiger charge is 2.58. The van der Waals surface area contributed by atoms with Crippen molar-refractivity contribution < 1.29 is 19.7 Å². The highest BCUT2D eigenvalue weighted by Crippen LogP contribution is 2.26. The average Bonchev–Trinajstić information content (AvgIpc) is 2.96. The Morgan fingerprint density at radius 3 is 2.03 bits per heavy atom. The number of hydrogen-bond donors (Lipinski definition) is 2. The molecule has 1 amide bonds. The van der Waals surface area contributed by atoms with Gasteiger partial charge in [0.1, 0.15) is 6.54 Å². The van der Waals surface area contributed by atoms with Crippen molar-refractivity contribution in [3.05, 3.63) is 106 Å². The third kappa shape index (κ3) is 3.54. The molecule has 0 spiro atoms. The molecule has 4 rings (SSSR count). The van der Waals surface area contributed by atoms with Crippen LogP contribution < -0.4 is 10.6 Å². The van der Waals surface area contributed by atoms with Gasteiger partial charge in [-0.25, -0.2) is 0 Å². The molecule has 0 saturated carbocycles. The number of carbonyl (C=O) groups excluding carboxylic acids is 3. The zero-order chi connectivity index (χ0) is 21.3. The SMILES string of the molecule is Cc1ccc(C(=O)NC2([NH2+]Cc3ccc(Cl)cc3)C(=O)c3ccccc3C2=O)cc1. The summed E-state index contributed by atoms with van der Waals surface area (Å²) >= 11 is 5.95. The second kappa shape index (κ2) is 7.86. The number of rotatable bonds is 5. The number of quaternary nitrogens is 1. The monoisotopic (exact) mass is 419 g/mol. The summed E-state index contributed by atoms with van der Waals surface area (Å²) in [4.78, 5) is 39.6. The molecule has 0 bridgehead atoms. The number of nitrogens with two attached hydrogens (primary N) is 1. The smallest absolute Gasteiger partial charge is 0.301 e. The molecular formula is C24H20ClN2O3+. The molecule has 3 N–H and O–H groups in total. The first-order valence-electron chi connectivity index (χ1n) is 9.57. The summed E-state index contributed by atoms with van der Waals surface area (Å²) in [5.74, 6) is -1.31. The lowest BCUT2D eigenvalue weighted by molar-refractivity contribution is -0.714. The van der Waals surface area contributed by atoms with E-state index in [9.17, 15) is 14.4 Å². The molecule has 5 nitrogen and oxygen atoms in total. The van der Waals surface area contributed by atoms with Crippen molar-refractivity contribution in [3.8, 4) is 0 Å². The molecule has 0 unspecified atom stereocenters. The van der Waals surface area contributed by atoms with Crippen molar-refractivity contribution in [2.75, 3.05) is 0 Å². The Labute approximate surface area is 179 Å². The lowest BCUT2D eigenvalue weighted by Gasteiger charge is -2.25. The molecule has 0 fully saturated rings. The number of halogens is 1. The Morgan fingerprint density at radius 2 is 1.47 bits per heavy atom. The lowest BCUT2D eigenvalue weighted by Crippen LogP contribution is -3.03. The predicted molar refractivity (Wildman–Crippen MR) is 114 cm³/mol. The summed E-state index contributed by atoms with van der Waals surface area (Å²) in [6, 6.07) is 20.8. The highest BCUT2D eigenvalue weighted by molar-refractivity contribution is 6.32. The van der Waals surface area contributed by atoms with Gasteiger partial charge in [0.2, 0.25) is 0 Å². The molecule has 150 valence electrons. The number of amides is 1. The topological polar surface area (TPSA) is 79.8 Å². The van der Waals surface area contributed by atoms with Crippen LogP contribution in [0.25, 0.3) is 0 Å². The van der Waals surface area contributed by atoms with E-state index in [2.05, 4.69) is 5.32 Å². The van der Waals surface area contributed by atoms with Crippen molar-refractivity contribution in [3.63, 3.8) is 0 Å². The molecule has 1 aliphatic carbocycles. The number of carbonyl (C=O) groups is 3. The summed E-state index contributed by atoms with van der Waals surface area (Å²) < 4.78 is 0. The second-order valence-electron chi connectivity index (χ2n) is 7.37. The van der Waals surface area contributed by atoms with Crippen LogP contribution >= 0.6 is 11.6 Å². The molecule has 0 heterocycles. The minimum absolute atomic E-state index is 0.316. The van der Waals surface area contributed by atoms with Crippen molar-refractivity contribution in [2.45, 2.75) is 19.1 Å². The first-order valence-corrected chi connectivity index (χ1v) is 9.95.